The maximum atomic E-state index is 8.60. The van der Waals surface area contributed by atoms with Gasteiger partial charge in [-0.3, -0.25) is 0 Å². The molecule has 0 amide bonds. The third kappa shape index (κ3) is 3.38. The Bertz CT molecular complexity index is 613. The van der Waals surface area contributed by atoms with Crippen molar-refractivity contribution in [1.29, 1.82) is 0 Å². The number of nitrogens with zero attached hydrogens (tertiary/aromatic N) is 1. The van der Waals surface area contributed by atoms with Crippen molar-refractivity contribution in [3.05, 3.63) is 40.9 Å². The first-order valence-corrected chi connectivity index (χ1v) is 6.80. The van der Waals surface area contributed by atoms with Crippen LogP contribution in [0.4, 0.5) is 5.69 Å². The SMILES string of the molecule is CC(CNc1ccc2cc(Br)ccc2c1)/C(N)=N/O. The van der Waals surface area contributed by atoms with Crippen molar-refractivity contribution in [2.75, 3.05) is 11.9 Å². The van der Waals surface area contributed by atoms with Crippen molar-refractivity contribution >= 4 is 38.2 Å². The Kier molecular flexibility index (Phi) is 4.27. The lowest BCUT2D eigenvalue weighted by atomic mass is 10.1. The quantitative estimate of drug-likeness (QED) is 0.350. The van der Waals surface area contributed by atoms with Crippen LogP contribution in [0, 0.1) is 5.92 Å². The summed E-state index contributed by atoms with van der Waals surface area (Å²) in [6.45, 7) is 2.53. The standard InChI is InChI=1S/C14H16BrN3O/c1-9(14(16)18-19)8-17-13-5-3-10-6-12(15)4-2-11(10)7-13/h2-7,9,17,19H,8H2,1H3,(H2,16,18). The van der Waals surface area contributed by atoms with E-state index in [1.54, 1.807) is 0 Å². The number of hydrogen-bond donors (Lipinski definition) is 3. The first-order chi connectivity index (χ1) is 9.10. The largest absolute Gasteiger partial charge is 0.409 e. The van der Waals surface area contributed by atoms with Crippen LogP contribution in [-0.4, -0.2) is 17.6 Å². The highest BCUT2D eigenvalue weighted by atomic mass is 79.9. The molecule has 2 rings (SSSR count). The minimum absolute atomic E-state index is 0.0226. The highest BCUT2D eigenvalue weighted by molar-refractivity contribution is 9.10. The number of hydrogen-bond acceptors (Lipinski definition) is 3. The second kappa shape index (κ2) is 5.93. The molecule has 4 nitrogen and oxygen atoms in total. The van der Waals surface area contributed by atoms with Gasteiger partial charge in [0.2, 0.25) is 0 Å². The van der Waals surface area contributed by atoms with Gasteiger partial charge in [-0.25, -0.2) is 0 Å². The van der Waals surface area contributed by atoms with Crippen LogP contribution in [0.1, 0.15) is 6.92 Å². The van der Waals surface area contributed by atoms with Gasteiger partial charge < -0.3 is 16.3 Å². The average molecular weight is 322 g/mol. The Morgan fingerprint density at radius 3 is 2.74 bits per heavy atom. The third-order valence-electron chi connectivity index (χ3n) is 3.04. The first-order valence-electron chi connectivity index (χ1n) is 6.01. The van der Waals surface area contributed by atoms with Gasteiger partial charge in [-0.05, 0) is 35.0 Å². The summed E-state index contributed by atoms with van der Waals surface area (Å²) in [6.07, 6.45) is 0. The molecule has 0 spiro atoms. The summed E-state index contributed by atoms with van der Waals surface area (Å²) in [5, 5.41) is 17.2. The van der Waals surface area contributed by atoms with Gasteiger partial charge >= 0.3 is 0 Å². The molecule has 100 valence electrons. The zero-order chi connectivity index (χ0) is 13.8. The molecule has 0 heterocycles. The minimum Gasteiger partial charge on any atom is -0.409 e. The fraction of sp³-hybridized carbons (Fsp3) is 0.214. The van der Waals surface area contributed by atoms with Gasteiger partial charge in [0.05, 0.1) is 0 Å². The van der Waals surface area contributed by atoms with Crippen molar-refractivity contribution in [3.63, 3.8) is 0 Å². The van der Waals surface area contributed by atoms with Crippen LogP contribution in [-0.2, 0) is 0 Å². The van der Waals surface area contributed by atoms with Gasteiger partial charge in [0.1, 0.15) is 5.84 Å². The van der Waals surface area contributed by atoms with E-state index in [1.807, 2.05) is 19.1 Å². The van der Waals surface area contributed by atoms with Gasteiger partial charge in [-0.15, -0.1) is 0 Å². The molecule has 0 aliphatic rings. The molecule has 2 aromatic rings. The molecule has 0 aliphatic carbocycles. The molecule has 5 heteroatoms. The number of oxime groups is 1. The van der Waals surface area contributed by atoms with Crippen molar-refractivity contribution in [1.82, 2.24) is 0 Å². The number of halogens is 1. The summed E-state index contributed by atoms with van der Waals surface area (Å²) < 4.78 is 1.07. The summed E-state index contributed by atoms with van der Waals surface area (Å²) >= 11 is 3.46. The smallest absolute Gasteiger partial charge is 0.143 e. The molecule has 2 aromatic carbocycles. The van der Waals surface area contributed by atoms with Gasteiger partial charge in [0, 0.05) is 22.6 Å². The Morgan fingerprint density at radius 1 is 1.32 bits per heavy atom. The number of fused-ring (bicyclic) bond motifs is 1. The molecule has 0 bridgehead atoms. The molecule has 19 heavy (non-hydrogen) atoms. The summed E-state index contributed by atoms with van der Waals surface area (Å²) in [6, 6.07) is 12.3. The van der Waals surface area contributed by atoms with Crippen molar-refractivity contribution in [2.45, 2.75) is 6.92 Å². The van der Waals surface area contributed by atoms with Crippen molar-refractivity contribution < 1.29 is 5.21 Å². The molecular formula is C14H16BrN3O. The van der Waals surface area contributed by atoms with Gasteiger partial charge in [0.15, 0.2) is 0 Å². The second-order valence-electron chi connectivity index (χ2n) is 4.51. The minimum atomic E-state index is -0.0226. The molecule has 0 fully saturated rings. The van der Waals surface area contributed by atoms with Gasteiger partial charge in [-0.2, -0.15) is 0 Å². The molecule has 4 N–H and O–H groups in total. The first kappa shape index (κ1) is 13.7. The number of nitrogens with two attached hydrogens (primary N) is 1. The number of benzene rings is 2. The van der Waals surface area contributed by atoms with Crippen LogP contribution in [0.5, 0.6) is 0 Å². The topological polar surface area (TPSA) is 70.6 Å². The monoisotopic (exact) mass is 321 g/mol. The van der Waals surface area contributed by atoms with E-state index < -0.39 is 0 Å². The van der Waals surface area contributed by atoms with E-state index in [0.717, 1.165) is 10.2 Å². The Labute approximate surface area is 120 Å². The summed E-state index contributed by atoms with van der Waals surface area (Å²) in [7, 11) is 0. The van der Waals surface area contributed by atoms with Crippen LogP contribution in [0.15, 0.2) is 46.0 Å². The summed E-state index contributed by atoms with van der Waals surface area (Å²) in [4.78, 5) is 0. The summed E-state index contributed by atoms with van der Waals surface area (Å²) in [5.41, 5.74) is 6.56. The van der Waals surface area contributed by atoms with Gasteiger partial charge in [0.25, 0.3) is 0 Å². The Hall–Kier alpha value is -1.75. The summed E-state index contributed by atoms with van der Waals surface area (Å²) in [5.74, 6) is 0.211. The van der Waals surface area contributed by atoms with E-state index >= 15 is 0 Å². The molecule has 1 unspecified atom stereocenters. The zero-order valence-electron chi connectivity index (χ0n) is 10.6. The lowest BCUT2D eigenvalue weighted by Crippen LogP contribution is -2.27. The fourth-order valence-corrected chi connectivity index (χ4v) is 2.18. The zero-order valence-corrected chi connectivity index (χ0v) is 12.2. The molecule has 0 aliphatic heterocycles. The lowest BCUT2D eigenvalue weighted by Gasteiger charge is -2.12. The fourth-order valence-electron chi connectivity index (χ4n) is 1.80. The molecule has 0 radical (unpaired) electrons. The molecule has 0 saturated heterocycles. The van der Waals surface area contributed by atoms with Crippen LogP contribution >= 0.6 is 15.9 Å². The maximum absolute atomic E-state index is 8.60. The Morgan fingerprint density at radius 2 is 2.00 bits per heavy atom. The van der Waals surface area contributed by atoms with Crippen molar-refractivity contribution in [2.24, 2.45) is 16.8 Å². The van der Waals surface area contributed by atoms with E-state index in [4.69, 9.17) is 10.9 Å². The predicted molar refractivity (Wildman–Crippen MR) is 82.7 cm³/mol. The van der Waals surface area contributed by atoms with E-state index in [0.29, 0.717) is 6.54 Å². The normalized spacial score (nSPS) is 13.5. The van der Waals surface area contributed by atoms with E-state index in [2.05, 4.69) is 50.7 Å². The van der Waals surface area contributed by atoms with Crippen LogP contribution < -0.4 is 11.1 Å². The highest BCUT2D eigenvalue weighted by Crippen LogP contribution is 2.23. The molecular weight excluding hydrogens is 306 g/mol. The van der Waals surface area contributed by atoms with E-state index in [-0.39, 0.29) is 11.8 Å². The molecule has 0 saturated carbocycles. The maximum Gasteiger partial charge on any atom is 0.143 e. The lowest BCUT2D eigenvalue weighted by molar-refractivity contribution is 0.315. The number of nitrogens with one attached hydrogen (secondary N) is 1. The van der Waals surface area contributed by atoms with Crippen LogP contribution in [0.2, 0.25) is 0 Å². The average Bonchev–Trinajstić information content (AvgIpc) is 2.43. The van der Waals surface area contributed by atoms with E-state index in [1.165, 1.54) is 10.8 Å². The van der Waals surface area contributed by atoms with Crippen LogP contribution in [0.3, 0.4) is 0 Å². The number of rotatable bonds is 4. The number of amidine groups is 1. The van der Waals surface area contributed by atoms with Crippen LogP contribution in [0.25, 0.3) is 10.8 Å². The third-order valence-corrected chi connectivity index (χ3v) is 3.53. The van der Waals surface area contributed by atoms with E-state index in [9.17, 15) is 0 Å². The van der Waals surface area contributed by atoms with Gasteiger partial charge in [-0.1, -0.05) is 40.1 Å². The van der Waals surface area contributed by atoms with Crippen molar-refractivity contribution in [3.8, 4) is 0 Å². The molecule has 1 atom stereocenters. The predicted octanol–water partition coefficient (Wildman–Crippen LogP) is 3.40. The number of anilines is 1. The highest BCUT2D eigenvalue weighted by Gasteiger charge is 2.07. The second-order valence-corrected chi connectivity index (χ2v) is 5.43. The Balaban J connectivity index is 2.12. The molecule has 0 aromatic heterocycles.